The molecule has 0 bridgehead atoms. The molecule has 0 fully saturated rings. The Labute approximate surface area is 88.9 Å². The van der Waals surface area contributed by atoms with Crippen LogP contribution in [0.4, 0.5) is 9.52 Å². The van der Waals surface area contributed by atoms with E-state index in [0.29, 0.717) is 20.4 Å². The zero-order chi connectivity index (χ0) is 8.72. The van der Waals surface area contributed by atoms with Gasteiger partial charge in [-0.3, -0.25) is 0 Å². The maximum Gasteiger partial charge on any atom is 0.181 e. The second-order valence-corrected chi connectivity index (χ2v) is 3.79. The van der Waals surface area contributed by atoms with Crippen molar-refractivity contribution in [2.75, 3.05) is 5.73 Å². The number of hydrogen-bond donors (Lipinski definition) is 1. The first-order chi connectivity index (χ1) is 5.66. The monoisotopic (exact) mass is 238 g/mol. The lowest BCUT2D eigenvalue weighted by Crippen LogP contribution is -1.81. The van der Waals surface area contributed by atoms with Crippen LogP contribution in [-0.2, 0) is 0 Å². The van der Waals surface area contributed by atoms with Gasteiger partial charge in [-0.2, -0.15) is 0 Å². The van der Waals surface area contributed by atoms with Crippen molar-refractivity contribution in [1.29, 1.82) is 0 Å². The Balaban J connectivity index is 0.000000845. The predicted molar refractivity (Wildman–Crippen MR) is 56.2 cm³/mol. The van der Waals surface area contributed by atoms with Crippen LogP contribution in [0.1, 0.15) is 0 Å². The van der Waals surface area contributed by atoms with Crippen molar-refractivity contribution in [3.05, 3.63) is 23.0 Å². The summed E-state index contributed by atoms with van der Waals surface area (Å²) >= 11 is 6.85. The summed E-state index contributed by atoms with van der Waals surface area (Å²) in [5, 5.41) is 0.717. The van der Waals surface area contributed by atoms with Crippen LogP contribution in [0.2, 0.25) is 5.02 Å². The third kappa shape index (κ3) is 1.85. The van der Waals surface area contributed by atoms with Crippen molar-refractivity contribution in [3.8, 4) is 0 Å². The van der Waals surface area contributed by atoms with Crippen LogP contribution in [0.15, 0.2) is 12.1 Å². The van der Waals surface area contributed by atoms with E-state index in [4.69, 9.17) is 17.3 Å². The van der Waals surface area contributed by atoms with Gasteiger partial charge in [-0.05, 0) is 12.1 Å². The van der Waals surface area contributed by atoms with Crippen molar-refractivity contribution in [2.45, 2.75) is 0 Å². The molecule has 0 aliphatic carbocycles. The van der Waals surface area contributed by atoms with E-state index in [1.807, 2.05) is 0 Å². The molecule has 6 heteroatoms. The van der Waals surface area contributed by atoms with Gasteiger partial charge in [-0.25, -0.2) is 9.37 Å². The average Bonchev–Trinajstić information content (AvgIpc) is 2.29. The van der Waals surface area contributed by atoms with Crippen molar-refractivity contribution < 1.29 is 4.39 Å². The fourth-order valence-electron chi connectivity index (χ4n) is 0.974. The molecule has 0 amide bonds. The lowest BCUT2D eigenvalue weighted by molar-refractivity contribution is 0.637. The van der Waals surface area contributed by atoms with Crippen LogP contribution in [0.3, 0.4) is 0 Å². The molecule has 0 radical (unpaired) electrons. The Bertz CT molecular complexity index is 443. The van der Waals surface area contributed by atoms with Gasteiger partial charge in [0, 0.05) is 5.02 Å². The largest absolute Gasteiger partial charge is 0.375 e. The average molecular weight is 239 g/mol. The molecule has 1 aromatic carbocycles. The fourth-order valence-corrected chi connectivity index (χ4v) is 2.03. The second kappa shape index (κ2) is 3.65. The molecule has 2 aromatic rings. The van der Waals surface area contributed by atoms with Crippen LogP contribution in [-0.4, -0.2) is 4.98 Å². The number of halogens is 3. The number of nitrogen functional groups attached to an aromatic ring is 1. The Morgan fingerprint density at radius 1 is 1.46 bits per heavy atom. The fraction of sp³-hybridized carbons (Fsp3) is 0. The molecule has 0 saturated heterocycles. The summed E-state index contributed by atoms with van der Waals surface area (Å²) in [4.78, 5) is 3.82. The highest BCUT2D eigenvalue weighted by molar-refractivity contribution is 7.22. The zero-order valence-corrected chi connectivity index (χ0v) is 8.64. The van der Waals surface area contributed by atoms with Crippen molar-refractivity contribution in [3.63, 3.8) is 0 Å². The molecule has 0 aliphatic heterocycles. The standard InChI is InChI=1S/C7H4ClFN2S.ClH/c8-3-1-4(9)6-5(2-3)12-7(10)11-6;/h1-2H,(H2,10,11);1H. The molecular weight excluding hydrogens is 234 g/mol. The van der Waals surface area contributed by atoms with Crippen LogP contribution in [0.5, 0.6) is 0 Å². The summed E-state index contributed by atoms with van der Waals surface area (Å²) in [6, 6.07) is 2.87. The van der Waals surface area contributed by atoms with Crippen LogP contribution >= 0.6 is 35.3 Å². The summed E-state index contributed by atoms with van der Waals surface area (Å²) in [6.07, 6.45) is 0. The van der Waals surface area contributed by atoms with Gasteiger partial charge >= 0.3 is 0 Å². The van der Waals surface area contributed by atoms with Gasteiger partial charge in [0.1, 0.15) is 5.52 Å². The Kier molecular flexibility index (Phi) is 2.95. The molecule has 0 spiro atoms. The normalized spacial score (nSPS) is 10.0. The quantitative estimate of drug-likeness (QED) is 0.767. The number of nitrogens with two attached hydrogens (primary N) is 1. The van der Waals surface area contributed by atoms with Gasteiger partial charge in [0.05, 0.1) is 4.70 Å². The van der Waals surface area contributed by atoms with Crippen LogP contribution in [0.25, 0.3) is 10.2 Å². The highest BCUT2D eigenvalue weighted by atomic mass is 35.5. The molecular formula is C7H5Cl2FN2S. The van der Waals surface area contributed by atoms with E-state index in [2.05, 4.69) is 4.98 Å². The van der Waals surface area contributed by atoms with E-state index in [1.165, 1.54) is 17.4 Å². The first kappa shape index (κ1) is 10.5. The molecule has 0 unspecified atom stereocenters. The topological polar surface area (TPSA) is 38.9 Å². The number of aromatic nitrogens is 1. The maximum absolute atomic E-state index is 13.1. The number of thiazole rings is 1. The van der Waals surface area contributed by atoms with Gasteiger partial charge in [0.2, 0.25) is 0 Å². The Hall–Kier alpha value is -0.580. The maximum atomic E-state index is 13.1. The predicted octanol–water partition coefficient (Wildman–Crippen LogP) is 3.09. The van der Waals surface area contributed by atoms with E-state index >= 15 is 0 Å². The minimum atomic E-state index is -0.426. The molecule has 2 rings (SSSR count). The zero-order valence-electron chi connectivity index (χ0n) is 6.25. The summed E-state index contributed by atoms with van der Waals surface area (Å²) in [6.45, 7) is 0. The number of hydrogen-bond acceptors (Lipinski definition) is 3. The molecule has 0 saturated carbocycles. The van der Waals surface area contributed by atoms with Gasteiger partial charge in [-0.1, -0.05) is 22.9 Å². The van der Waals surface area contributed by atoms with Gasteiger partial charge in [0.15, 0.2) is 10.9 Å². The summed E-state index contributed by atoms with van der Waals surface area (Å²) < 4.78 is 13.7. The Morgan fingerprint density at radius 3 is 2.85 bits per heavy atom. The molecule has 2 N–H and O–H groups in total. The van der Waals surface area contributed by atoms with Crippen LogP contribution in [0, 0.1) is 5.82 Å². The molecule has 70 valence electrons. The second-order valence-electron chi connectivity index (χ2n) is 2.29. The van der Waals surface area contributed by atoms with E-state index in [1.54, 1.807) is 6.07 Å². The molecule has 0 atom stereocenters. The van der Waals surface area contributed by atoms with E-state index in [-0.39, 0.29) is 12.4 Å². The van der Waals surface area contributed by atoms with Gasteiger partial charge in [0.25, 0.3) is 0 Å². The van der Waals surface area contributed by atoms with Crippen molar-refractivity contribution in [1.82, 2.24) is 4.98 Å². The highest BCUT2D eigenvalue weighted by Gasteiger charge is 2.07. The SMILES string of the molecule is Cl.Nc1nc2c(F)cc(Cl)cc2s1. The summed E-state index contributed by atoms with van der Waals surface area (Å²) in [7, 11) is 0. The third-order valence-corrected chi connectivity index (χ3v) is 2.48. The summed E-state index contributed by atoms with van der Waals surface area (Å²) in [5.41, 5.74) is 5.70. The number of benzene rings is 1. The highest BCUT2D eigenvalue weighted by Crippen LogP contribution is 2.28. The number of nitrogens with zero attached hydrogens (tertiary/aromatic N) is 1. The molecule has 1 heterocycles. The van der Waals surface area contributed by atoms with Crippen molar-refractivity contribution in [2.24, 2.45) is 0 Å². The summed E-state index contributed by atoms with van der Waals surface area (Å²) in [5.74, 6) is -0.426. The lowest BCUT2D eigenvalue weighted by atomic mass is 10.3. The molecule has 2 nitrogen and oxygen atoms in total. The Morgan fingerprint density at radius 2 is 2.15 bits per heavy atom. The number of anilines is 1. The van der Waals surface area contributed by atoms with Crippen molar-refractivity contribution >= 4 is 50.7 Å². The van der Waals surface area contributed by atoms with Crippen LogP contribution < -0.4 is 5.73 Å². The third-order valence-electron chi connectivity index (χ3n) is 1.43. The van der Waals surface area contributed by atoms with E-state index in [9.17, 15) is 4.39 Å². The molecule has 13 heavy (non-hydrogen) atoms. The van der Waals surface area contributed by atoms with Gasteiger partial charge in [-0.15, -0.1) is 12.4 Å². The number of rotatable bonds is 0. The first-order valence-electron chi connectivity index (χ1n) is 3.18. The first-order valence-corrected chi connectivity index (χ1v) is 4.37. The van der Waals surface area contributed by atoms with Gasteiger partial charge < -0.3 is 5.73 Å². The minimum Gasteiger partial charge on any atom is -0.375 e. The molecule has 0 aliphatic rings. The minimum absolute atomic E-state index is 0. The lowest BCUT2D eigenvalue weighted by Gasteiger charge is -1.90. The number of fused-ring (bicyclic) bond motifs is 1. The van der Waals surface area contributed by atoms with E-state index in [0.717, 1.165) is 0 Å². The molecule has 1 aromatic heterocycles. The smallest absolute Gasteiger partial charge is 0.181 e. The van der Waals surface area contributed by atoms with E-state index < -0.39 is 5.82 Å².